The Morgan fingerprint density at radius 2 is 1.88 bits per heavy atom. The number of carbonyl (C=O) groups excluding carboxylic acids is 1. The van der Waals surface area contributed by atoms with Gasteiger partial charge in [0, 0.05) is 12.7 Å². The van der Waals surface area contributed by atoms with Gasteiger partial charge in [-0.15, -0.1) is 0 Å². The van der Waals surface area contributed by atoms with E-state index in [2.05, 4.69) is 0 Å². The number of halogens is 1. The van der Waals surface area contributed by atoms with Crippen LogP contribution in [0.4, 0.5) is 5.69 Å². The molecule has 4 nitrogen and oxygen atoms in total. The predicted octanol–water partition coefficient (Wildman–Crippen LogP) is 4.22. The third-order valence-electron chi connectivity index (χ3n) is 4.37. The van der Waals surface area contributed by atoms with Crippen molar-refractivity contribution in [3.05, 3.63) is 34.3 Å². The molecule has 0 amide bonds. The van der Waals surface area contributed by atoms with Crippen molar-refractivity contribution >= 4 is 47.4 Å². The monoisotopic (exact) mass is 367 g/mol. The second-order valence-corrected chi connectivity index (χ2v) is 8.43. The zero-order valence-electron chi connectivity index (χ0n) is 14.7. The molecular weight excluding hydrogens is 345 g/mol. The molecule has 7 heteroatoms. The maximum absolute atomic E-state index is 11.4. The number of nitrogens with two attached hydrogens (primary N) is 1. The molecule has 1 aliphatic rings. The van der Waals surface area contributed by atoms with Gasteiger partial charge in [0.25, 0.3) is 0 Å². The summed E-state index contributed by atoms with van der Waals surface area (Å²) in [6.07, 6.45) is 1.95. The topological polar surface area (TPSA) is 61.6 Å². The quantitative estimate of drug-likeness (QED) is 0.638. The van der Waals surface area contributed by atoms with E-state index in [1.165, 1.54) is 11.8 Å². The van der Waals surface area contributed by atoms with E-state index in [0.717, 1.165) is 11.0 Å². The molecule has 0 unspecified atom stereocenters. The van der Waals surface area contributed by atoms with Gasteiger partial charge in [0.15, 0.2) is 5.12 Å². The van der Waals surface area contributed by atoms with Crippen LogP contribution in [0.15, 0.2) is 23.7 Å². The first-order chi connectivity index (χ1) is 11.0. The van der Waals surface area contributed by atoms with Crippen molar-refractivity contribution in [2.45, 2.75) is 45.8 Å². The maximum Gasteiger partial charge on any atom is 0.491 e. The normalized spacial score (nSPS) is 19.6. The number of benzene rings is 1. The predicted molar refractivity (Wildman–Crippen MR) is 103 cm³/mol. The van der Waals surface area contributed by atoms with Crippen LogP contribution in [-0.2, 0) is 14.1 Å². The van der Waals surface area contributed by atoms with Gasteiger partial charge in [-0.1, -0.05) is 35.5 Å². The Kier molecular flexibility index (Phi) is 5.75. The Balaban J connectivity index is 2.33. The minimum atomic E-state index is -0.502. The molecule has 130 valence electrons. The summed E-state index contributed by atoms with van der Waals surface area (Å²) in [5, 5.41) is 0.545. The third kappa shape index (κ3) is 4.36. The summed E-state index contributed by atoms with van der Waals surface area (Å²) in [4.78, 5) is 11.4. The van der Waals surface area contributed by atoms with E-state index in [9.17, 15) is 4.79 Å². The van der Waals surface area contributed by atoms with Crippen molar-refractivity contribution in [2.24, 2.45) is 0 Å². The lowest BCUT2D eigenvalue weighted by Gasteiger charge is -2.32. The van der Waals surface area contributed by atoms with Crippen molar-refractivity contribution in [3.8, 4) is 0 Å². The summed E-state index contributed by atoms with van der Waals surface area (Å²) >= 11 is 7.33. The van der Waals surface area contributed by atoms with Gasteiger partial charge < -0.3 is 15.0 Å². The maximum atomic E-state index is 11.4. The van der Waals surface area contributed by atoms with E-state index in [-0.39, 0.29) is 5.12 Å². The first kappa shape index (κ1) is 19.4. The molecule has 0 atom stereocenters. The smallest absolute Gasteiger partial charge is 0.400 e. The molecular formula is C17H23BClNO3S. The zero-order valence-corrected chi connectivity index (χ0v) is 16.3. The molecule has 0 radical (unpaired) electrons. The van der Waals surface area contributed by atoms with Crippen molar-refractivity contribution in [2.75, 3.05) is 11.5 Å². The largest absolute Gasteiger partial charge is 0.491 e. The highest BCUT2D eigenvalue weighted by Crippen LogP contribution is 2.39. The van der Waals surface area contributed by atoms with Crippen LogP contribution < -0.4 is 5.73 Å². The Bertz CT molecular complexity index is 660. The Morgan fingerprint density at radius 3 is 2.38 bits per heavy atom. The molecule has 0 saturated carbocycles. The van der Waals surface area contributed by atoms with Gasteiger partial charge in [-0.25, -0.2) is 0 Å². The van der Waals surface area contributed by atoms with Crippen LogP contribution >= 0.6 is 23.4 Å². The average Bonchev–Trinajstić information content (AvgIpc) is 2.67. The number of rotatable bonds is 4. The van der Waals surface area contributed by atoms with Crippen LogP contribution in [-0.4, -0.2) is 29.2 Å². The first-order valence-electron chi connectivity index (χ1n) is 7.76. The fraction of sp³-hybridized carbons (Fsp3) is 0.471. The summed E-state index contributed by atoms with van der Waals surface area (Å²) < 4.78 is 12.2. The van der Waals surface area contributed by atoms with Crippen LogP contribution in [0.1, 0.15) is 40.2 Å². The molecule has 24 heavy (non-hydrogen) atoms. The minimum absolute atomic E-state index is 0.0488. The lowest BCUT2D eigenvalue weighted by Crippen LogP contribution is -2.41. The Labute approximate surface area is 153 Å². The third-order valence-corrected chi connectivity index (χ3v) is 5.59. The lowest BCUT2D eigenvalue weighted by atomic mass is 9.78. The Hall–Kier alpha value is -0.945. The number of thioether (sulfide) groups is 1. The van der Waals surface area contributed by atoms with Crippen molar-refractivity contribution in [3.63, 3.8) is 0 Å². The molecule has 2 N–H and O–H groups in total. The van der Waals surface area contributed by atoms with Crippen LogP contribution in [0, 0.1) is 0 Å². The van der Waals surface area contributed by atoms with Crippen molar-refractivity contribution < 1.29 is 14.1 Å². The lowest BCUT2D eigenvalue weighted by molar-refractivity contribution is -0.109. The summed E-state index contributed by atoms with van der Waals surface area (Å²) in [7, 11) is -0.502. The highest BCUT2D eigenvalue weighted by atomic mass is 35.5. The van der Waals surface area contributed by atoms with Crippen LogP contribution in [0.5, 0.6) is 0 Å². The van der Waals surface area contributed by atoms with Gasteiger partial charge in [0.2, 0.25) is 0 Å². The number of anilines is 1. The van der Waals surface area contributed by atoms with Gasteiger partial charge in [-0.3, -0.25) is 4.79 Å². The molecule has 2 rings (SSSR count). The number of hydrogen-bond acceptors (Lipinski definition) is 5. The summed E-state index contributed by atoms with van der Waals surface area (Å²) in [6.45, 7) is 9.56. The van der Waals surface area contributed by atoms with Gasteiger partial charge >= 0.3 is 7.12 Å². The fourth-order valence-corrected chi connectivity index (χ4v) is 2.98. The van der Waals surface area contributed by atoms with Crippen LogP contribution in [0.25, 0.3) is 6.08 Å². The first-order valence-corrected chi connectivity index (χ1v) is 9.13. The van der Waals surface area contributed by atoms with E-state index < -0.39 is 18.3 Å². The van der Waals surface area contributed by atoms with Gasteiger partial charge in [-0.2, -0.15) is 0 Å². The minimum Gasteiger partial charge on any atom is -0.400 e. The van der Waals surface area contributed by atoms with Crippen molar-refractivity contribution in [1.29, 1.82) is 0 Å². The molecule has 1 heterocycles. The highest BCUT2D eigenvalue weighted by molar-refractivity contribution is 8.13. The summed E-state index contributed by atoms with van der Waals surface area (Å²) in [5.74, 6) is 0.494. The van der Waals surface area contributed by atoms with E-state index in [1.54, 1.807) is 19.1 Å². The van der Waals surface area contributed by atoms with E-state index in [4.69, 9.17) is 26.6 Å². The second-order valence-electron chi connectivity index (χ2n) is 6.87. The molecule has 1 saturated heterocycles. The van der Waals surface area contributed by atoms with Crippen LogP contribution in [0.2, 0.25) is 5.02 Å². The molecule has 0 spiro atoms. The fourth-order valence-electron chi connectivity index (χ4n) is 2.20. The standard InChI is InChI=1S/C17H23BClNO3S/c1-11(21)24-10-13(8-12-6-7-15(20)14(19)9-12)18-22-16(2,3)17(4,5)23-18/h6-9H,10,20H2,1-5H3. The molecule has 1 fully saturated rings. The van der Waals surface area contributed by atoms with Crippen molar-refractivity contribution in [1.82, 2.24) is 0 Å². The summed E-state index contributed by atoms with van der Waals surface area (Å²) in [5.41, 5.74) is 7.20. The second kappa shape index (κ2) is 7.12. The van der Waals surface area contributed by atoms with E-state index in [0.29, 0.717) is 16.5 Å². The van der Waals surface area contributed by atoms with Crippen LogP contribution in [0.3, 0.4) is 0 Å². The molecule has 0 aliphatic carbocycles. The molecule has 1 aliphatic heterocycles. The van der Waals surface area contributed by atoms with E-state index in [1.807, 2.05) is 39.8 Å². The number of nitrogen functional groups attached to an aromatic ring is 1. The Morgan fingerprint density at radius 1 is 1.29 bits per heavy atom. The highest BCUT2D eigenvalue weighted by Gasteiger charge is 2.52. The zero-order chi connectivity index (χ0) is 18.1. The number of carbonyl (C=O) groups is 1. The van der Waals surface area contributed by atoms with Gasteiger partial charge in [0.05, 0.1) is 21.9 Å². The van der Waals surface area contributed by atoms with Gasteiger partial charge in [-0.05, 0) is 50.9 Å². The number of hydrogen-bond donors (Lipinski definition) is 1. The molecule has 1 aromatic carbocycles. The molecule has 0 bridgehead atoms. The van der Waals surface area contributed by atoms with Gasteiger partial charge in [0.1, 0.15) is 0 Å². The SMILES string of the molecule is CC(=O)SCC(=Cc1ccc(N)c(Cl)c1)B1OC(C)(C)C(C)(C)O1. The summed E-state index contributed by atoms with van der Waals surface area (Å²) in [6, 6.07) is 5.43. The van der Waals surface area contributed by atoms with E-state index >= 15 is 0 Å². The molecule has 1 aromatic rings. The average molecular weight is 368 g/mol. The molecule has 0 aromatic heterocycles.